The summed E-state index contributed by atoms with van der Waals surface area (Å²) in [4.78, 5) is 22.2. The molecule has 1 saturated carbocycles. The van der Waals surface area contributed by atoms with E-state index >= 15 is 0 Å². The van der Waals surface area contributed by atoms with Crippen molar-refractivity contribution in [2.45, 2.75) is 25.3 Å². The number of carbonyl (C=O) groups is 1. The molecule has 0 atom stereocenters. The van der Waals surface area contributed by atoms with Crippen LogP contribution in [0, 0.1) is 0 Å². The summed E-state index contributed by atoms with van der Waals surface area (Å²) in [5.74, 6) is 0.573. The van der Waals surface area contributed by atoms with Crippen molar-refractivity contribution in [3.05, 3.63) is 103 Å². The highest BCUT2D eigenvalue weighted by Gasteiger charge is 2.27. The molecular formula is C27H22N6O. The monoisotopic (exact) mass is 446 g/mol. The number of benzene rings is 1. The lowest BCUT2D eigenvalue weighted by Gasteiger charge is -2.12. The fraction of sp³-hybridized carbons (Fsp3) is 0.148. The molecule has 0 unspecified atom stereocenters. The van der Waals surface area contributed by atoms with Crippen LogP contribution in [0.3, 0.4) is 0 Å². The topological polar surface area (TPSA) is 85.6 Å². The normalized spacial score (nSPS) is 15.5. The lowest BCUT2D eigenvalue weighted by molar-refractivity contribution is 0.0960. The molecule has 3 aromatic heterocycles. The van der Waals surface area contributed by atoms with E-state index in [1.807, 2.05) is 66.8 Å². The zero-order valence-corrected chi connectivity index (χ0v) is 18.4. The van der Waals surface area contributed by atoms with E-state index in [0.29, 0.717) is 18.2 Å². The number of aromatic nitrogens is 5. The maximum Gasteiger partial charge on any atom is 0.274 e. The third kappa shape index (κ3) is 3.92. The van der Waals surface area contributed by atoms with Crippen LogP contribution in [0.25, 0.3) is 27.6 Å². The van der Waals surface area contributed by atoms with E-state index in [9.17, 15) is 4.79 Å². The molecule has 2 aliphatic carbocycles. The number of amides is 1. The van der Waals surface area contributed by atoms with E-state index in [4.69, 9.17) is 0 Å². The van der Waals surface area contributed by atoms with E-state index in [1.165, 1.54) is 0 Å². The second kappa shape index (κ2) is 8.51. The first-order valence-electron chi connectivity index (χ1n) is 11.3. The summed E-state index contributed by atoms with van der Waals surface area (Å²) in [7, 11) is 0. The minimum Gasteiger partial charge on any atom is -0.324 e. The Hall–Kier alpha value is -4.39. The summed E-state index contributed by atoms with van der Waals surface area (Å²) >= 11 is 0. The zero-order chi connectivity index (χ0) is 22.9. The van der Waals surface area contributed by atoms with Crippen molar-refractivity contribution in [3.8, 4) is 11.1 Å². The van der Waals surface area contributed by atoms with Gasteiger partial charge < -0.3 is 9.88 Å². The Labute approximate surface area is 196 Å². The van der Waals surface area contributed by atoms with E-state index in [1.54, 1.807) is 18.7 Å². The third-order valence-corrected chi connectivity index (χ3v) is 6.05. The summed E-state index contributed by atoms with van der Waals surface area (Å²) in [6, 6.07) is 14.0. The van der Waals surface area contributed by atoms with Crippen molar-refractivity contribution < 1.29 is 4.79 Å². The smallest absolute Gasteiger partial charge is 0.274 e. The fourth-order valence-corrected chi connectivity index (χ4v) is 4.22. The Morgan fingerprint density at radius 3 is 2.88 bits per heavy atom. The Morgan fingerprint density at radius 1 is 1.12 bits per heavy atom. The number of hydrogen-bond acceptors (Lipinski definition) is 5. The Balaban J connectivity index is 1.33. The van der Waals surface area contributed by atoms with Crippen LogP contribution in [-0.2, 0) is 0 Å². The first kappa shape index (κ1) is 20.2. The number of carbonyl (C=O) groups excluding carboxylic acids is 1. The van der Waals surface area contributed by atoms with Crippen molar-refractivity contribution >= 4 is 22.4 Å². The summed E-state index contributed by atoms with van der Waals surface area (Å²) in [6.45, 7) is 0. The highest BCUT2D eigenvalue weighted by molar-refractivity contribution is 6.01. The molecule has 34 heavy (non-hydrogen) atoms. The molecule has 3 heterocycles. The zero-order valence-electron chi connectivity index (χ0n) is 18.4. The minimum atomic E-state index is -0.250. The molecule has 1 fully saturated rings. The number of nitrogens with zero attached hydrogens (tertiary/aromatic N) is 5. The van der Waals surface area contributed by atoms with Crippen LogP contribution in [0.4, 0.5) is 0 Å². The molecule has 2 aliphatic rings. The van der Waals surface area contributed by atoms with Gasteiger partial charge in [-0.15, -0.1) is 10.2 Å². The molecule has 6 rings (SSSR count). The first-order valence-corrected chi connectivity index (χ1v) is 11.3. The lowest BCUT2D eigenvalue weighted by atomic mass is 10.0. The summed E-state index contributed by atoms with van der Waals surface area (Å²) in [6.07, 6.45) is 16.2. The number of para-hydroxylation sites is 1. The van der Waals surface area contributed by atoms with Gasteiger partial charge in [0.1, 0.15) is 12.0 Å². The molecule has 0 aliphatic heterocycles. The summed E-state index contributed by atoms with van der Waals surface area (Å²) < 4.78 is 2.12. The van der Waals surface area contributed by atoms with Gasteiger partial charge in [0.2, 0.25) is 0 Å². The average Bonchev–Trinajstić information content (AvgIpc) is 3.66. The second-order valence-electron chi connectivity index (χ2n) is 8.48. The maximum atomic E-state index is 13.3. The maximum absolute atomic E-state index is 13.3. The van der Waals surface area contributed by atoms with Gasteiger partial charge in [-0.3, -0.25) is 9.78 Å². The highest BCUT2D eigenvalue weighted by atomic mass is 16.1. The molecule has 166 valence electrons. The van der Waals surface area contributed by atoms with Crippen LogP contribution in [0.5, 0.6) is 0 Å². The number of nitrogens with one attached hydrogen (secondary N) is 1. The van der Waals surface area contributed by atoms with Crippen molar-refractivity contribution in [2.24, 2.45) is 0 Å². The van der Waals surface area contributed by atoms with Crippen LogP contribution < -0.4 is 5.32 Å². The Morgan fingerprint density at radius 2 is 2.03 bits per heavy atom. The SMILES string of the molecule is O=C(NC1=CC(c2nncn2C2CC2)=CC=CC1)c1cc(-c2cccnc2)c2ccccc2n1. The van der Waals surface area contributed by atoms with Crippen molar-refractivity contribution in [1.82, 2.24) is 30.0 Å². The van der Waals surface area contributed by atoms with Crippen molar-refractivity contribution in [3.63, 3.8) is 0 Å². The molecule has 1 aromatic carbocycles. The Bertz CT molecular complexity index is 1480. The van der Waals surface area contributed by atoms with E-state index < -0.39 is 0 Å². The van der Waals surface area contributed by atoms with Gasteiger partial charge in [-0.1, -0.05) is 42.5 Å². The predicted octanol–water partition coefficient (Wildman–Crippen LogP) is 4.88. The third-order valence-electron chi connectivity index (χ3n) is 6.05. The Kier molecular flexibility index (Phi) is 5.07. The standard InChI is InChI=1S/C27H22N6O/c34-27(25-15-23(19-7-5-13-28-16-19)22-9-3-4-10-24(22)31-25)30-20-8-2-1-6-18(14-20)26-32-29-17-33(26)21-11-12-21/h1-7,9-10,13-17,21H,8,11-12H2,(H,30,34). The first-order chi connectivity index (χ1) is 16.8. The van der Waals surface area contributed by atoms with Crippen molar-refractivity contribution in [2.75, 3.05) is 0 Å². The van der Waals surface area contributed by atoms with Crippen LogP contribution in [0.1, 0.15) is 41.6 Å². The minimum absolute atomic E-state index is 0.250. The highest BCUT2D eigenvalue weighted by Crippen LogP contribution is 2.37. The number of pyridine rings is 2. The molecular weight excluding hydrogens is 424 g/mol. The lowest BCUT2D eigenvalue weighted by Crippen LogP contribution is -2.24. The quantitative estimate of drug-likeness (QED) is 0.472. The van der Waals surface area contributed by atoms with E-state index in [0.717, 1.165) is 52.0 Å². The van der Waals surface area contributed by atoms with Gasteiger partial charge in [-0.05, 0) is 42.7 Å². The molecule has 1 N–H and O–H groups in total. The molecule has 1 amide bonds. The van der Waals surface area contributed by atoms with Crippen LogP contribution in [-0.4, -0.2) is 30.6 Å². The van der Waals surface area contributed by atoms with Crippen LogP contribution >= 0.6 is 0 Å². The molecule has 0 bridgehead atoms. The number of fused-ring (bicyclic) bond motifs is 1. The number of hydrogen-bond donors (Lipinski definition) is 1. The van der Waals surface area contributed by atoms with Crippen LogP contribution in [0.15, 0.2) is 91.2 Å². The van der Waals surface area contributed by atoms with Gasteiger partial charge in [-0.2, -0.15) is 0 Å². The molecule has 4 aromatic rings. The second-order valence-corrected chi connectivity index (χ2v) is 8.48. The molecule has 7 nitrogen and oxygen atoms in total. The molecule has 0 radical (unpaired) electrons. The summed E-state index contributed by atoms with van der Waals surface area (Å²) in [5, 5.41) is 12.5. The molecule has 0 saturated heterocycles. The summed E-state index contributed by atoms with van der Waals surface area (Å²) in [5.41, 5.74) is 4.71. The number of rotatable bonds is 5. The van der Waals surface area contributed by atoms with Gasteiger partial charge in [0.05, 0.1) is 5.52 Å². The predicted molar refractivity (Wildman–Crippen MR) is 131 cm³/mol. The van der Waals surface area contributed by atoms with Gasteiger partial charge in [0.15, 0.2) is 5.82 Å². The van der Waals surface area contributed by atoms with Crippen LogP contribution in [0.2, 0.25) is 0 Å². The van der Waals surface area contributed by atoms with Gasteiger partial charge >= 0.3 is 0 Å². The average molecular weight is 447 g/mol. The molecule has 0 spiro atoms. The van der Waals surface area contributed by atoms with Gasteiger partial charge in [-0.25, -0.2) is 4.98 Å². The van der Waals surface area contributed by atoms with E-state index in [2.05, 4.69) is 30.0 Å². The largest absolute Gasteiger partial charge is 0.324 e. The van der Waals surface area contributed by atoms with Gasteiger partial charge in [0, 0.05) is 47.1 Å². The fourth-order valence-electron chi connectivity index (χ4n) is 4.22. The van der Waals surface area contributed by atoms with E-state index in [-0.39, 0.29) is 5.91 Å². The molecule has 7 heteroatoms. The number of allylic oxidation sites excluding steroid dienone is 5. The van der Waals surface area contributed by atoms with Crippen molar-refractivity contribution in [1.29, 1.82) is 0 Å². The van der Waals surface area contributed by atoms with Gasteiger partial charge in [0.25, 0.3) is 5.91 Å².